The minimum absolute atomic E-state index is 0.114. The van der Waals surface area contributed by atoms with E-state index >= 15 is 0 Å². The lowest BCUT2D eigenvalue weighted by atomic mass is 10.1. The molecule has 0 unspecified atom stereocenters. The van der Waals surface area contributed by atoms with E-state index in [4.69, 9.17) is 10.5 Å². The Labute approximate surface area is 155 Å². The van der Waals surface area contributed by atoms with E-state index < -0.39 is 11.8 Å². The molecule has 3 aromatic rings. The first kappa shape index (κ1) is 17.9. The zero-order valence-electron chi connectivity index (χ0n) is 14.3. The molecule has 136 valence electrons. The largest absolute Gasteiger partial charge is 0.507 e. The van der Waals surface area contributed by atoms with Gasteiger partial charge in [0.2, 0.25) is 0 Å². The van der Waals surface area contributed by atoms with Crippen LogP contribution in [0.4, 0.5) is 0 Å². The monoisotopic (exact) mass is 363 g/mol. The highest BCUT2D eigenvalue weighted by Crippen LogP contribution is 2.24. The number of hydrazone groups is 1. The van der Waals surface area contributed by atoms with Crippen molar-refractivity contribution in [3.8, 4) is 11.5 Å². The van der Waals surface area contributed by atoms with Crippen LogP contribution in [0.5, 0.6) is 11.5 Å². The minimum atomic E-state index is -0.555. The van der Waals surface area contributed by atoms with Crippen LogP contribution in [0.25, 0.3) is 10.8 Å². The molecule has 7 heteroatoms. The van der Waals surface area contributed by atoms with Gasteiger partial charge in [0.1, 0.15) is 11.5 Å². The number of hydrogen-bond acceptors (Lipinski definition) is 5. The molecule has 0 aromatic heterocycles. The van der Waals surface area contributed by atoms with Gasteiger partial charge >= 0.3 is 0 Å². The number of fused-ring (bicyclic) bond motifs is 1. The van der Waals surface area contributed by atoms with Crippen LogP contribution in [-0.4, -0.2) is 29.7 Å². The Morgan fingerprint density at radius 2 is 1.74 bits per heavy atom. The van der Waals surface area contributed by atoms with E-state index in [9.17, 15) is 14.7 Å². The molecular formula is C20H17N3O4. The van der Waals surface area contributed by atoms with Crippen LogP contribution in [-0.2, 0) is 4.79 Å². The van der Waals surface area contributed by atoms with E-state index in [0.29, 0.717) is 11.3 Å². The number of phenolic OH excluding ortho intramolecular Hbond substituents is 1. The lowest BCUT2D eigenvalue weighted by molar-refractivity contribution is -0.119. The van der Waals surface area contributed by atoms with Gasteiger partial charge in [0.25, 0.3) is 11.8 Å². The highest BCUT2D eigenvalue weighted by atomic mass is 16.5. The summed E-state index contributed by atoms with van der Waals surface area (Å²) in [6.07, 6.45) is 1.45. The van der Waals surface area contributed by atoms with Gasteiger partial charge in [-0.15, -0.1) is 0 Å². The first-order valence-corrected chi connectivity index (χ1v) is 8.09. The number of nitrogens with zero attached hydrogens (tertiary/aromatic N) is 1. The number of phenols is 1. The standard InChI is InChI=1S/C20H17N3O4/c21-19(25)12-27-16-7-5-13(6-8-16)11-22-23-20(26)17-9-14-3-1-2-4-15(14)10-18(17)24/h1-11,24H,12H2,(H2,21,25)(H,23,26)/b22-11+. The summed E-state index contributed by atoms with van der Waals surface area (Å²) in [5, 5.41) is 15.6. The van der Waals surface area contributed by atoms with Crippen LogP contribution in [0.3, 0.4) is 0 Å². The van der Waals surface area contributed by atoms with Gasteiger partial charge in [0.05, 0.1) is 11.8 Å². The summed E-state index contributed by atoms with van der Waals surface area (Å²) >= 11 is 0. The third kappa shape index (κ3) is 4.60. The summed E-state index contributed by atoms with van der Waals surface area (Å²) < 4.78 is 5.15. The van der Waals surface area contributed by atoms with Crippen LogP contribution in [0, 0.1) is 0 Å². The average Bonchev–Trinajstić information content (AvgIpc) is 2.66. The van der Waals surface area contributed by atoms with Crippen LogP contribution >= 0.6 is 0 Å². The topological polar surface area (TPSA) is 114 Å². The van der Waals surface area contributed by atoms with E-state index in [2.05, 4.69) is 10.5 Å². The molecular weight excluding hydrogens is 346 g/mol. The molecule has 0 aliphatic carbocycles. The smallest absolute Gasteiger partial charge is 0.275 e. The van der Waals surface area contributed by atoms with Crippen molar-refractivity contribution >= 4 is 28.8 Å². The molecule has 0 radical (unpaired) electrons. The number of nitrogens with two attached hydrogens (primary N) is 1. The number of aromatic hydroxyl groups is 1. The molecule has 0 atom stereocenters. The van der Waals surface area contributed by atoms with E-state index in [1.54, 1.807) is 36.4 Å². The Hall–Kier alpha value is -3.87. The summed E-state index contributed by atoms with van der Waals surface area (Å²) in [6.45, 7) is -0.196. The molecule has 0 heterocycles. The highest BCUT2D eigenvalue weighted by Gasteiger charge is 2.11. The Bertz CT molecular complexity index is 1010. The molecule has 27 heavy (non-hydrogen) atoms. The second-order valence-corrected chi connectivity index (χ2v) is 5.74. The summed E-state index contributed by atoms with van der Waals surface area (Å²) in [6, 6.07) is 17.3. The number of rotatable bonds is 6. The van der Waals surface area contributed by atoms with E-state index in [1.165, 1.54) is 6.21 Å². The quantitative estimate of drug-likeness (QED) is 0.460. The average molecular weight is 363 g/mol. The van der Waals surface area contributed by atoms with E-state index in [0.717, 1.165) is 10.8 Å². The SMILES string of the molecule is NC(=O)COc1ccc(/C=N/NC(=O)c2cc3ccccc3cc2O)cc1. The Morgan fingerprint density at radius 3 is 2.41 bits per heavy atom. The number of nitrogens with one attached hydrogen (secondary N) is 1. The van der Waals surface area contributed by atoms with Gasteiger partial charge in [-0.3, -0.25) is 9.59 Å². The highest BCUT2D eigenvalue weighted by molar-refractivity contribution is 6.01. The van der Waals surface area contributed by atoms with Crippen molar-refractivity contribution in [2.45, 2.75) is 0 Å². The van der Waals surface area contributed by atoms with Gasteiger partial charge in [0.15, 0.2) is 6.61 Å². The predicted molar refractivity (Wildman–Crippen MR) is 102 cm³/mol. The molecule has 0 aliphatic heterocycles. The van der Waals surface area contributed by atoms with E-state index in [1.807, 2.05) is 24.3 Å². The number of ether oxygens (including phenoxy) is 1. The number of amides is 2. The van der Waals surface area contributed by atoms with Gasteiger partial charge in [0, 0.05) is 0 Å². The molecule has 3 aromatic carbocycles. The van der Waals surface area contributed by atoms with Gasteiger partial charge in [-0.25, -0.2) is 5.43 Å². The molecule has 0 saturated heterocycles. The van der Waals surface area contributed by atoms with Crippen molar-refractivity contribution in [3.05, 3.63) is 71.8 Å². The van der Waals surface area contributed by atoms with Crippen molar-refractivity contribution in [2.24, 2.45) is 10.8 Å². The van der Waals surface area contributed by atoms with Gasteiger partial charge in [-0.05, 0) is 52.7 Å². The van der Waals surface area contributed by atoms with Crippen molar-refractivity contribution in [1.29, 1.82) is 0 Å². The second-order valence-electron chi connectivity index (χ2n) is 5.74. The summed E-state index contributed by atoms with van der Waals surface area (Å²) in [4.78, 5) is 22.9. The number of primary amides is 1. The molecule has 0 bridgehead atoms. The molecule has 0 aliphatic rings. The fourth-order valence-electron chi connectivity index (χ4n) is 2.44. The number of benzene rings is 3. The fourth-order valence-corrected chi connectivity index (χ4v) is 2.44. The van der Waals surface area contributed by atoms with Crippen molar-refractivity contribution in [1.82, 2.24) is 5.43 Å². The molecule has 0 saturated carbocycles. The first-order valence-electron chi connectivity index (χ1n) is 8.09. The Balaban J connectivity index is 1.65. The molecule has 2 amide bonds. The van der Waals surface area contributed by atoms with Crippen LogP contribution < -0.4 is 15.9 Å². The number of carbonyl (C=O) groups excluding carboxylic acids is 2. The Morgan fingerprint density at radius 1 is 1.07 bits per heavy atom. The van der Waals surface area contributed by atoms with Gasteiger partial charge in [-0.1, -0.05) is 24.3 Å². The molecule has 3 rings (SSSR count). The lowest BCUT2D eigenvalue weighted by Gasteiger charge is -2.06. The maximum atomic E-state index is 12.3. The van der Waals surface area contributed by atoms with Crippen molar-refractivity contribution < 1.29 is 19.4 Å². The second kappa shape index (κ2) is 8.01. The summed E-state index contributed by atoms with van der Waals surface area (Å²) in [5.74, 6) is -0.690. The van der Waals surface area contributed by atoms with Gasteiger partial charge < -0.3 is 15.6 Å². The third-order valence-corrected chi connectivity index (χ3v) is 3.75. The summed E-state index contributed by atoms with van der Waals surface area (Å²) in [7, 11) is 0. The minimum Gasteiger partial charge on any atom is -0.507 e. The number of carbonyl (C=O) groups is 2. The predicted octanol–water partition coefficient (Wildman–Crippen LogP) is 2.17. The van der Waals surface area contributed by atoms with E-state index in [-0.39, 0.29) is 17.9 Å². The van der Waals surface area contributed by atoms with Crippen LogP contribution in [0.2, 0.25) is 0 Å². The maximum Gasteiger partial charge on any atom is 0.275 e. The van der Waals surface area contributed by atoms with Crippen LogP contribution in [0.15, 0.2) is 65.8 Å². The Kier molecular flexibility index (Phi) is 5.32. The first-order chi connectivity index (χ1) is 13.0. The van der Waals surface area contributed by atoms with Crippen LogP contribution in [0.1, 0.15) is 15.9 Å². The maximum absolute atomic E-state index is 12.3. The summed E-state index contributed by atoms with van der Waals surface area (Å²) in [5.41, 5.74) is 8.25. The molecule has 0 spiro atoms. The van der Waals surface area contributed by atoms with Gasteiger partial charge in [-0.2, -0.15) is 5.10 Å². The van der Waals surface area contributed by atoms with Crippen molar-refractivity contribution in [3.63, 3.8) is 0 Å². The zero-order chi connectivity index (χ0) is 19.2. The molecule has 0 fully saturated rings. The lowest BCUT2D eigenvalue weighted by Crippen LogP contribution is -2.20. The zero-order valence-corrected chi connectivity index (χ0v) is 14.3. The van der Waals surface area contributed by atoms with Crippen molar-refractivity contribution in [2.75, 3.05) is 6.61 Å². The molecule has 4 N–H and O–H groups in total. The fraction of sp³-hybridized carbons (Fsp3) is 0.0500. The normalized spacial score (nSPS) is 10.8. The third-order valence-electron chi connectivity index (χ3n) is 3.75. The number of hydrogen-bond donors (Lipinski definition) is 3. The molecule has 7 nitrogen and oxygen atoms in total.